The normalized spacial score (nSPS) is 30.6. The third-order valence-corrected chi connectivity index (χ3v) is 5.45. The van der Waals surface area contributed by atoms with Crippen LogP contribution in [0.3, 0.4) is 0 Å². The summed E-state index contributed by atoms with van der Waals surface area (Å²) in [6.45, 7) is 5.75. The summed E-state index contributed by atoms with van der Waals surface area (Å²) in [5.41, 5.74) is 1.95. The molecule has 3 rings (SSSR count). The number of thiazole rings is 1. The van der Waals surface area contributed by atoms with E-state index < -0.39 is 0 Å². The van der Waals surface area contributed by atoms with Crippen LogP contribution in [0.5, 0.6) is 0 Å². The summed E-state index contributed by atoms with van der Waals surface area (Å²) in [7, 11) is 0. The Hall–Kier alpha value is -0.450. The minimum atomic E-state index is 0.618. The van der Waals surface area contributed by atoms with Gasteiger partial charge in [-0.2, -0.15) is 0 Å². The molecular formula is C15H25N3S. The molecule has 0 radical (unpaired) electrons. The Morgan fingerprint density at radius 1 is 1.37 bits per heavy atom. The molecule has 2 fully saturated rings. The first kappa shape index (κ1) is 13.5. The van der Waals surface area contributed by atoms with Crippen molar-refractivity contribution < 1.29 is 0 Å². The van der Waals surface area contributed by atoms with Gasteiger partial charge in [-0.05, 0) is 25.7 Å². The third kappa shape index (κ3) is 3.36. The van der Waals surface area contributed by atoms with E-state index in [0.29, 0.717) is 6.04 Å². The van der Waals surface area contributed by atoms with Crippen molar-refractivity contribution in [3.63, 3.8) is 0 Å². The maximum Gasteiger partial charge on any atom is 0.0794 e. The zero-order valence-corrected chi connectivity index (χ0v) is 12.7. The lowest BCUT2D eigenvalue weighted by Crippen LogP contribution is -2.57. The van der Waals surface area contributed by atoms with E-state index in [0.717, 1.165) is 18.5 Å². The smallest absolute Gasteiger partial charge is 0.0794 e. The molecule has 1 saturated heterocycles. The maximum atomic E-state index is 4.22. The third-order valence-electron chi connectivity index (χ3n) is 4.69. The molecular weight excluding hydrogens is 254 g/mol. The second-order valence-corrected chi connectivity index (χ2v) is 7.14. The lowest BCUT2D eigenvalue weighted by molar-refractivity contribution is 0.0697. The van der Waals surface area contributed by atoms with Crippen molar-refractivity contribution in [3.8, 4) is 0 Å². The summed E-state index contributed by atoms with van der Waals surface area (Å²) in [4.78, 5) is 8.35. The molecule has 0 bridgehead atoms. The van der Waals surface area contributed by atoms with Crippen molar-refractivity contribution in [1.29, 1.82) is 0 Å². The Balaban J connectivity index is 1.68. The van der Waals surface area contributed by atoms with Crippen LogP contribution in [0.2, 0.25) is 0 Å². The minimum Gasteiger partial charge on any atom is -0.311 e. The summed E-state index contributed by atoms with van der Waals surface area (Å²) in [6.07, 6.45) is 9.22. The molecule has 1 aliphatic carbocycles. The van der Waals surface area contributed by atoms with Crippen LogP contribution in [0.4, 0.5) is 0 Å². The fourth-order valence-corrected chi connectivity index (χ4v) is 4.31. The fourth-order valence-electron chi connectivity index (χ4n) is 3.69. The van der Waals surface area contributed by atoms with Crippen LogP contribution < -0.4 is 5.32 Å². The Morgan fingerprint density at radius 3 is 2.95 bits per heavy atom. The van der Waals surface area contributed by atoms with E-state index in [1.165, 1.54) is 50.1 Å². The monoisotopic (exact) mass is 279 g/mol. The molecule has 2 atom stereocenters. The van der Waals surface area contributed by atoms with Crippen LogP contribution in [-0.2, 0) is 6.54 Å². The Kier molecular flexibility index (Phi) is 4.51. The molecule has 1 aromatic rings. The van der Waals surface area contributed by atoms with E-state index in [9.17, 15) is 0 Å². The lowest BCUT2D eigenvalue weighted by Gasteiger charge is -2.44. The maximum absolute atomic E-state index is 4.22. The van der Waals surface area contributed by atoms with Gasteiger partial charge in [0, 0.05) is 42.8 Å². The highest BCUT2D eigenvalue weighted by Crippen LogP contribution is 2.31. The minimum absolute atomic E-state index is 0.618. The highest BCUT2D eigenvalue weighted by atomic mass is 32.1. The van der Waals surface area contributed by atoms with E-state index in [1.807, 2.05) is 11.7 Å². The van der Waals surface area contributed by atoms with Crippen molar-refractivity contribution in [2.24, 2.45) is 5.92 Å². The summed E-state index contributed by atoms with van der Waals surface area (Å²) >= 11 is 1.79. The van der Waals surface area contributed by atoms with Gasteiger partial charge in [0.15, 0.2) is 0 Å². The molecule has 3 nitrogen and oxygen atoms in total. The van der Waals surface area contributed by atoms with Gasteiger partial charge in [0.1, 0.15) is 0 Å². The molecule has 1 saturated carbocycles. The second-order valence-electron chi connectivity index (χ2n) is 6.17. The predicted molar refractivity (Wildman–Crippen MR) is 80.4 cm³/mol. The van der Waals surface area contributed by atoms with Gasteiger partial charge < -0.3 is 5.32 Å². The molecule has 4 heteroatoms. The van der Waals surface area contributed by atoms with Crippen LogP contribution in [0.25, 0.3) is 0 Å². The van der Waals surface area contributed by atoms with Gasteiger partial charge in [-0.25, -0.2) is 0 Å². The quantitative estimate of drug-likeness (QED) is 0.922. The lowest BCUT2D eigenvalue weighted by atomic mass is 9.82. The highest BCUT2D eigenvalue weighted by Gasteiger charge is 2.32. The Morgan fingerprint density at radius 2 is 2.21 bits per heavy atom. The summed E-state index contributed by atoms with van der Waals surface area (Å²) < 4.78 is 0. The molecule has 0 amide bonds. The van der Waals surface area contributed by atoms with Gasteiger partial charge in [0.2, 0.25) is 0 Å². The molecule has 2 aliphatic rings. The first-order chi connectivity index (χ1) is 9.33. The standard InChI is InChI=1S/C15H25N3S/c1-12-9-18(10-14-7-16-11-19-14)15(8-17-12)13-5-3-2-4-6-13/h7,11-13,15,17H,2-6,8-10H2,1H3. The van der Waals surface area contributed by atoms with Gasteiger partial charge in [-0.15, -0.1) is 11.3 Å². The summed E-state index contributed by atoms with van der Waals surface area (Å²) in [5.74, 6) is 0.904. The highest BCUT2D eigenvalue weighted by molar-refractivity contribution is 7.09. The Labute approximate surface area is 120 Å². The number of aromatic nitrogens is 1. The molecule has 0 spiro atoms. The van der Waals surface area contributed by atoms with Crippen LogP contribution in [0, 0.1) is 5.92 Å². The van der Waals surface area contributed by atoms with Gasteiger partial charge in [-0.3, -0.25) is 9.88 Å². The number of rotatable bonds is 3. The van der Waals surface area contributed by atoms with E-state index in [1.54, 1.807) is 11.3 Å². The van der Waals surface area contributed by atoms with Gasteiger partial charge in [-0.1, -0.05) is 19.3 Å². The van der Waals surface area contributed by atoms with Crippen molar-refractivity contribution in [1.82, 2.24) is 15.2 Å². The second kappa shape index (κ2) is 6.33. The van der Waals surface area contributed by atoms with E-state index in [-0.39, 0.29) is 0 Å². The van der Waals surface area contributed by atoms with E-state index in [2.05, 4.69) is 22.1 Å². The molecule has 106 valence electrons. The average Bonchev–Trinajstić information content (AvgIpc) is 2.93. The summed E-state index contributed by atoms with van der Waals surface area (Å²) in [6, 6.07) is 1.35. The number of nitrogens with zero attached hydrogens (tertiary/aromatic N) is 2. The van der Waals surface area contributed by atoms with Gasteiger partial charge in [0.25, 0.3) is 0 Å². The zero-order chi connectivity index (χ0) is 13.1. The van der Waals surface area contributed by atoms with Crippen molar-refractivity contribution in [2.75, 3.05) is 13.1 Å². The number of nitrogens with one attached hydrogen (secondary N) is 1. The molecule has 19 heavy (non-hydrogen) atoms. The fraction of sp³-hybridized carbons (Fsp3) is 0.800. The molecule has 1 aliphatic heterocycles. The Bertz CT molecular complexity index is 373. The summed E-state index contributed by atoms with van der Waals surface area (Å²) in [5, 5.41) is 3.69. The molecule has 2 unspecified atom stereocenters. The van der Waals surface area contributed by atoms with Crippen LogP contribution in [-0.4, -0.2) is 35.1 Å². The number of hydrogen-bond donors (Lipinski definition) is 1. The average molecular weight is 279 g/mol. The predicted octanol–water partition coefficient (Wildman–Crippen LogP) is 2.89. The molecule has 1 N–H and O–H groups in total. The van der Waals surface area contributed by atoms with Gasteiger partial charge >= 0.3 is 0 Å². The molecule has 2 heterocycles. The van der Waals surface area contributed by atoms with Crippen LogP contribution in [0.15, 0.2) is 11.7 Å². The first-order valence-corrected chi connectivity index (χ1v) is 8.55. The van der Waals surface area contributed by atoms with Gasteiger partial charge in [0.05, 0.1) is 5.51 Å². The largest absolute Gasteiger partial charge is 0.311 e. The molecule has 0 aromatic carbocycles. The topological polar surface area (TPSA) is 28.2 Å². The SMILES string of the molecule is CC1CN(Cc2cncs2)C(C2CCCCC2)CN1. The van der Waals surface area contributed by atoms with Crippen molar-refractivity contribution >= 4 is 11.3 Å². The molecule has 1 aromatic heterocycles. The van der Waals surface area contributed by atoms with Crippen LogP contribution >= 0.6 is 11.3 Å². The first-order valence-electron chi connectivity index (χ1n) is 7.68. The van der Waals surface area contributed by atoms with E-state index >= 15 is 0 Å². The number of hydrogen-bond acceptors (Lipinski definition) is 4. The number of piperazine rings is 1. The van der Waals surface area contributed by atoms with Crippen molar-refractivity contribution in [2.45, 2.75) is 57.7 Å². The van der Waals surface area contributed by atoms with Crippen LogP contribution in [0.1, 0.15) is 43.9 Å². The zero-order valence-electron chi connectivity index (χ0n) is 11.8. The van der Waals surface area contributed by atoms with Crippen molar-refractivity contribution in [3.05, 3.63) is 16.6 Å². The van der Waals surface area contributed by atoms with E-state index in [4.69, 9.17) is 0 Å².